The molecule has 0 spiro atoms. The molecule has 3 heterocycles. The SMILES string of the molecule is CCN(CC)c1ccc([S+]2CN(c3ccc[nH]3)NC3=C2C=CN(Cl)N3Cl)cc1. The van der Waals surface area contributed by atoms with Gasteiger partial charge in [0.15, 0.2) is 4.90 Å². The van der Waals surface area contributed by atoms with Crippen LogP contribution >= 0.6 is 23.6 Å². The van der Waals surface area contributed by atoms with E-state index in [4.69, 9.17) is 23.6 Å². The molecule has 4 rings (SSSR count). The molecule has 2 aromatic rings. The first-order valence-corrected chi connectivity index (χ1v) is 11.3. The molecular formula is C19H23Cl2N6S+. The van der Waals surface area contributed by atoms with Crippen LogP contribution < -0.4 is 15.3 Å². The highest BCUT2D eigenvalue weighted by Crippen LogP contribution is 2.36. The number of anilines is 2. The van der Waals surface area contributed by atoms with Gasteiger partial charge in [0, 0.05) is 60.8 Å². The number of halogens is 2. The third kappa shape index (κ3) is 3.50. The molecule has 1 unspecified atom stereocenters. The third-order valence-corrected chi connectivity index (χ3v) is 7.71. The van der Waals surface area contributed by atoms with Crippen molar-refractivity contribution < 1.29 is 0 Å². The van der Waals surface area contributed by atoms with Gasteiger partial charge in [0.1, 0.15) is 5.82 Å². The fourth-order valence-electron chi connectivity index (χ4n) is 3.34. The first-order chi connectivity index (χ1) is 13.6. The second-order valence-electron chi connectivity index (χ2n) is 6.36. The quantitative estimate of drug-likeness (QED) is 0.537. The summed E-state index contributed by atoms with van der Waals surface area (Å²) >= 11 is 12.6. The van der Waals surface area contributed by atoms with E-state index in [0.29, 0.717) is 0 Å². The number of nitrogens with one attached hydrogen (secondary N) is 2. The summed E-state index contributed by atoms with van der Waals surface area (Å²) in [6, 6.07) is 12.9. The second kappa shape index (κ2) is 8.11. The summed E-state index contributed by atoms with van der Waals surface area (Å²) in [5, 5.41) is 2.07. The van der Waals surface area contributed by atoms with Gasteiger partial charge in [0.2, 0.25) is 16.6 Å². The highest BCUT2D eigenvalue weighted by molar-refractivity contribution is 8.01. The largest absolute Gasteiger partial charge is 0.372 e. The van der Waals surface area contributed by atoms with Crippen molar-refractivity contribution in [2.75, 3.05) is 28.9 Å². The second-order valence-corrected chi connectivity index (χ2v) is 8.98. The molecule has 1 aromatic carbocycles. The summed E-state index contributed by atoms with van der Waals surface area (Å²) in [4.78, 5) is 7.99. The Kier molecular flexibility index (Phi) is 5.57. The van der Waals surface area contributed by atoms with Crippen molar-refractivity contribution in [3.63, 3.8) is 0 Å². The first kappa shape index (κ1) is 19.2. The van der Waals surface area contributed by atoms with E-state index in [1.54, 1.807) is 6.20 Å². The van der Waals surface area contributed by atoms with Crippen molar-refractivity contribution >= 4 is 46.0 Å². The summed E-state index contributed by atoms with van der Waals surface area (Å²) in [5.74, 6) is 2.53. The Hall–Kier alpha value is -2.09. The predicted octanol–water partition coefficient (Wildman–Crippen LogP) is 4.34. The van der Waals surface area contributed by atoms with E-state index in [1.807, 2.05) is 24.4 Å². The number of hydrogen-bond donors (Lipinski definition) is 2. The summed E-state index contributed by atoms with van der Waals surface area (Å²) in [5.41, 5.74) is 4.63. The summed E-state index contributed by atoms with van der Waals surface area (Å²) in [6.45, 7) is 6.35. The minimum atomic E-state index is -0.194. The van der Waals surface area contributed by atoms with E-state index >= 15 is 0 Å². The first-order valence-electron chi connectivity index (χ1n) is 9.19. The molecule has 28 heavy (non-hydrogen) atoms. The zero-order valence-corrected chi connectivity index (χ0v) is 18.1. The van der Waals surface area contributed by atoms with Crippen LogP contribution in [0.4, 0.5) is 11.5 Å². The molecule has 6 nitrogen and oxygen atoms in total. The standard InChI is InChI=1S/C19H23Cl2N6S/c1-3-24(4-2)15-7-9-16(10-8-15)28-14-25(18-6-5-12-22-18)23-19-17(28)11-13-26(20)27(19)21/h5-13,22-23H,3-4,14H2,1-2H3/q+1. The summed E-state index contributed by atoms with van der Waals surface area (Å²) in [7, 11) is -0.194. The average Bonchev–Trinajstić information content (AvgIpc) is 3.26. The number of hydrogen-bond acceptors (Lipinski definition) is 5. The molecule has 2 N–H and O–H groups in total. The van der Waals surface area contributed by atoms with Gasteiger partial charge in [-0.05, 0) is 50.2 Å². The van der Waals surface area contributed by atoms with Crippen LogP contribution in [0.5, 0.6) is 0 Å². The number of rotatable bonds is 5. The number of H-pyrrole nitrogens is 1. The fraction of sp³-hybridized carbons (Fsp3) is 0.263. The zero-order valence-electron chi connectivity index (χ0n) is 15.8. The van der Waals surface area contributed by atoms with Gasteiger partial charge in [0.25, 0.3) is 0 Å². The molecule has 0 amide bonds. The molecule has 0 bridgehead atoms. The van der Waals surface area contributed by atoms with Gasteiger partial charge in [0.05, 0.1) is 10.9 Å². The van der Waals surface area contributed by atoms with Crippen molar-refractivity contribution in [2.24, 2.45) is 0 Å². The summed E-state index contributed by atoms with van der Waals surface area (Å²) in [6.07, 6.45) is 5.70. The van der Waals surface area contributed by atoms with Crippen LogP contribution in [0, 0.1) is 0 Å². The minimum Gasteiger partial charge on any atom is -0.372 e. The third-order valence-electron chi connectivity index (χ3n) is 4.82. The van der Waals surface area contributed by atoms with Gasteiger partial charge in [-0.15, -0.1) is 0 Å². The van der Waals surface area contributed by atoms with E-state index < -0.39 is 0 Å². The lowest BCUT2D eigenvalue weighted by Crippen LogP contribution is -2.51. The van der Waals surface area contributed by atoms with Crippen molar-refractivity contribution in [3.8, 4) is 0 Å². The Balaban J connectivity index is 1.70. The number of allylic oxidation sites excluding steroid dienone is 1. The van der Waals surface area contributed by atoms with E-state index in [9.17, 15) is 0 Å². The highest BCUT2D eigenvalue weighted by atomic mass is 35.5. The van der Waals surface area contributed by atoms with Crippen molar-refractivity contribution in [3.05, 3.63) is 65.6 Å². The van der Waals surface area contributed by atoms with Gasteiger partial charge < -0.3 is 9.88 Å². The van der Waals surface area contributed by atoms with Gasteiger partial charge in [-0.1, -0.05) is 0 Å². The van der Waals surface area contributed by atoms with E-state index in [0.717, 1.165) is 35.5 Å². The average molecular weight is 438 g/mol. The molecule has 9 heteroatoms. The Morgan fingerprint density at radius 3 is 2.50 bits per heavy atom. The maximum atomic E-state index is 6.44. The Labute approximate surface area is 178 Å². The van der Waals surface area contributed by atoms with E-state index in [-0.39, 0.29) is 10.9 Å². The molecule has 1 atom stereocenters. The van der Waals surface area contributed by atoms with Crippen LogP contribution in [0.2, 0.25) is 0 Å². The molecule has 148 valence electrons. The molecular weight excluding hydrogens is 415 g/mol. The molecule has 2 aliphatic rings. The van der Waals surface area contributed by atoms with Crippen LogP contribution in [-0.2, 0) is 10.9 Å². The monoisotopic (exact) mass is 437 g/mol. The summed E-state index contributed by atoms with van der Waals surface area (Å²) < 4.78 is 2.73. The molecule has 0 radical (unpaired) electrons. The van der Waals surface area contributed by atoms with Crippen LogP contribution in [0.15, 0.2) is 70.5 Å². The lowest BCUT2D eigenvalue weighted by molar-refractivity contribution is 0.271. The van der Waals surface area contributed by atoms with Crippen LogP contribution in [0.3, 0.4) is 0 Å². The van der Waals surface area contributed by atoms with Crippen LogP contribution in [0.25, 0.3) is 0 Å². The van der Waals surface area contributed by atoms with E-state index in [1.165, 1.54) is 19.6 Å². The Morgan fingerprint density at radius 1 is 1.11 bits per heavy atom. The smallest absolute Gasteiger partial charge is 0.215 e. The number of aromatic amines is 1. The van der Waals surface area contributed by atoms with Gasteiger partial charge in [-0.25, -0.2) is 5.01 Å². The normalized spacial score (nSPS) is 19.0. The number of nitrogens with zero attached hydrogens (tertiary/aromatic N) is 4. The molecule has 0 saturated carbocycles. The number of aromatic nitrogens is 1. The Morgan fingerprint density at radius 2 is 1.86 bits per heavy atom. The van der Waals surface area contributed by atoms with Crippen LogP contribution in [0.1, 0.15) is 13.8 Å². The number of hydrazine groups is 2. The molecule has 0 saturated heterocycles. The molecule has 0 aliphatic carbocycles. The van der Waals surface area contributed by atoms with E-state index in [2.05, 4.69) is 58.4 Å². The fourth-order valence-corrected chi connectivity index (χ4v) is 5.76. The number of benzene rings is 1. The van der Waals surface area contributed by atoms with Crippen molar-refractivity contribution in [2.45, 2.75) is 18.7 Å². The van der Waals surface area contributed by atoms with Crippen LogP contribution in [-0.4, -0.2) is 33.0 Å². The Bertz CT molecular complexity index is 863. The molecule has 1 aromatic heterocycles. The minimum absolute atomic E-state index is 0.194. The van der Waals surface area contributed by atoms with Gasteiger partial charge in [-0.2, -0.15) is 9.06 Å². The lowest BCUT2D eigenvalue weighted by Gasteiger charge is -2.36. The zero-order chi connectivity index (χ0) is 19.7. The predicted molar refractivity (Wildman–Crippen MR) is 118 cm³/mol. The van der Waals surface area contributed by atoms with Crippen molar-refractivity contribution in [1.29, 1.82) is 0 Å². The highest BCUT2D eigenvalue weighted by Gasteiger charge is 2.42. The maximum Gasteiger partial charge on any atom is 0.215 e. The van der Waals surface area contributed by atoms with Crippen molar-refractivity contribution in [1.82, 2.24) is 19.5 Å². The lowest BCUT2D eigenvalue weighted by atomic mass is 10.3. The molecule has 0 fully saturated rings. The molecule has 2 aliphatic heterocycles. The topological polar surface area (TPSA) is 40.8 Å². The maximum absolute atomic E-state index is 6.44. The van der Waals surface area contributed by atoms with Gasteiger partial charge >= 0.3 is 0 Å². The van der Waals surface area contributed by atoms with Gasteiger partial charge in [-0.3, -0.25) is 5.43 Å².